The van der Waals surface area contributed by atoms with Crippen molar-refractivity contribution in [3.05, 3.63) is 52.2 Å². The first kappa shape index (κ1) is 22.5. The van der Waals surface area contributed by atoms with Crippen LogP contribution in [-0.2, 0) is 0 Å². The zero-order chi connectivity index (χ0) is 21.7. The van der Waals surface area contributed by atoms with E-state index in [4.69, 9.17) is 0 Å². The van der Waals surface area contributed by atoms with E-state index in [0.29, 0.717) is 5.25 Å². The molecule has 0 saturated heterocycles. The molecule has 0 bridgehead atoms. The second-order valence-electron chi connectivity index (χ2n) is 8.29. The monoisotopic (exact) mass is 429 g/mol. The molecule has 30 heavy (non-hydrogen) atoms. The maximum atomic E-state index is 13.0. The normalized spacial score (nSPS) is 20.2. The number of carbonyl (C=O) groups excluding carboxylic acids is 1. The second kappa shape index (κ2) is 10.2. The molecule has 7 nitrogen and oxygen atoms in total. The van der Waals surface area contributed by atoms with E-state index in [2.05, 4.69) is 15.3 Å². The van der Waals surface area contributed by atoms with E-state index in [1.54, 1.807) is 34.9 Å². The highest BCUT2D eigenvalue weighted by Gasteiger charge is 2.26. The molecule has 2 aromatic rings. The van der Waals surface area contributed by atoms with Crippen LogP contribution in [0.15, 0.2) is 40.7 Å². The molecule has 0 aliphatic heterocycles. The zero-order valence-corrected chi connectivity index (χ0v) is 19.0. The lowest BCUT2D eigenvalue weighted by molar-refractivity contribution is 0.0925. The highest BCUT2D eigenvalue weighted by molar-refractivity contribution is 7.99. The van der Waals surface area contributed by atoms with Crippen molar-refractivity contribution in [3.63, 3.8) is 0 Å². The second-order valence-corrected chi connectivity index (χ2v) is 9.56. The summed E-state index contributed by atoms with van der Waals surface area (Å²) in [4.78, 5) is 36.6. The number of amides is 1. The number of hydrogen-bond acceptors (Lipinski definition) is 6. The van der Waals surface area contributed by atoms with Crippen LogP contribution < -0.4 is 10.9 Å². The van der Waals surface area contributed by atoms with E-state index in [9.17, 15) is 9.59 Å². The summed E-state index contributed by atoms with van der Waals surface area (Å²) in [7, 11) is 3.95. The highest BCUT2D eigenvalue weighted by Crippen LogP contribution is 2.31. The lowest BCUT2D eigenvalue weighted by atomic mass is 9.94. The van der Waals surface area contributed by atoms with Gasteiger partial charge in [0.2, 0.25) is 0 Å². The molecule has 1 saturated carbocycles. The number of nitrogens with zero attached hydrogens (tertiary/aromatic N) is 4. The van der Waals surface area contributed by atoms with Gasteiger partial charge in [-0.25, -0.2) is 9.97 Å². The van der Waals surface area contributed by atoms with Crippen molar-refractivity contribution in [3.8, 4) is 0 Å². The third-order valence-corrected chi connectivity index (χ3v) is 6.71. The Kier molecular flexibility index (Phi) is 7.66. The molecule has 2 aromatic heterocycles. The van der Waals surface area contributed by atoms with Gasteiger partial charge in [0.1, 0.15) is 5.56 Å². The van der Waals surface area contributed by atoms with E-state index in [0.717, 1.165) is 42.9 Å². The van der Waals surface area contributed by atoms with Crippen molar-refractivity contribution in [2.75, 3.05) is 20.6 Å². The number of rotatable bonds is 7. The van der Waals surface area contributed by atoms with Gasteiger partial charge in [0, 0.05) is 42.5 Å². The third-order valence-electron chi connectivity index (χ3n) is 5.48. The van der Waals surface area contributed by atoms with Gasteiger partial charge in [-0.3, -0.25) is 9.59 Å². The molecule has 1 aliphatic carbocycles. The van der Waals surface area contributed by atoms with E-state index in [-0.39, 0.29) is 29.1 Å². The van der Waals surface area contributed by atoms with Gasteiger partial charge in [-0.2, -0.15) is 0 Å². The summed E-state index contributed by atoms with van der Waals surface area (Å²) in [6.45, 7) is 4.55. The van der Waals surface area contributed by atoms with Crippen LogP contribution in [0.4, 0.5) is 0 Å². The van der Waals surface area contributed by atoms with Gasteiger partial charge < -0.3 is 14.8 Å². The zero-order valence-electron chi connectivity index (χ0n) is 18.2. The van der Waals surface area contributed by atoms with Crippen LogP contribution in [0.1, 0.15) is 54.6 Å². The van der Waals surface area contributed by atoms with Gasteiger partial charge in [-0.05, 0) is 71.3 Å². The molecule has 0 radical (unpaired) electrons. The predicted octanol–water partition coefficient (Wildman–Crippen LogP) is 2.90. The van der Waals surface area contributed by atoms with Crippen LogP contribution in [0.25, 0.3) is 0 Å². The number of carbonyl (C=O) groups is 1. The minimum atomic E-state index is -0.258. The van der Waals surface area contributed by atoms with Crippen LogP contribution in [0, 0.1) is 6.92 Å². The first-order valence-electron chi connectivity index (χ1n) is 10.5. The fourth-order valence-corrected chi connectivity index (χ4v) is 5.01. The van der Waals surface area contributed by atoms with E-state index < -0.39 is 0 Å². The van der Waals surface area contributed by atoms with Gasteiger partial charge in [0.05, 0.1) is 0 Å². The van der Waals surface area contributed by atoms with Crippen molar-refractivity contribution in [1.29, 1.82) is 0 Å². The van der Waals surface area contributed by atoms with Crippen LogP contribution in [0.2, 0.25) is 0 Å². The predicted molar refractivity (Wildman–Crippen MR) is 120 cm³/mol. The van der Waals surface area contributed by atoms with Crippen molar-refractivity contribution < 1.29 is 4.79 Å². The van der Waals surface area contributed by atoms with Crippen LogP contribution in [0.3, 0.4) is 0 Å². The molecular weight excluding hydrogens is 398 g/mol. The molecule has 1 fully saturated rings. The average molecular weight is 430 g/mol. The molecule has 2 heterocycles. The van der Waals surface area contributed by atoms with Crippen molar-refractivity contribution >= 4 is 17.7 Å². The van der Waals surface area contributed by atoms with Gasteiger partial charge in [0.25, 0.3) is 11.5 Å². The van der Waals surface area contributed by atoms with E-state index in [1.165, 1.54) is 0 Å². The fourth-order valence-electron chi connectivity index (χ4n) is 3.96. The van der Waals surface area contributed by atoms with Crippen molar-refractivity contribution in [1.82, 2.24) is 24.8 Å². The minimum Gasteiger partial charge on any atom is -0.349 e. The molecule has 3 rings (SSSR count). The summed E-state index contributed by atoms with van der Waals surface area (Å²) in [5.41, 5.74) is 0.765. The molecule has 1 N–H and O–H groups in total. The summed E-state index contributed by atoms with van der Waals surface area (Å²) in [6.07, 6.45) is 9.08. The summed E-state index contributed by atoms with van der Waals surface area (Å²) < 4.78 is 1.66. The highest BCUT2D eigenvalue weighted by atomic mass is 32.2. The minimum absolute atomic E-state index is 0.00711. The smallest absolute Gasteiger partial charge is 0.263 e. The van der Waals surface area contributed by atoms with Crippen LogP contribution in [0.5, 0.6) is 0 Å². The molecule has 162 valence electrons. The van der Waals surface area contributed by atoms with Gasteiger partial charge in [-0.1, -0.05) is 11.8 Å². The molecule has 0 spiro atoms. The lowest BCUT2D eigenvalue weighted by Crippen LogP contribution is -2.42. The Balaban J connectivity index is 1.62. The van der Waals surface area contributed by atoms with Crippen LogP contribution in [-0.4, -0.2) is 57.3 Å². The fraction of sp³-hybridized carbons (Fsp3) is 0.545. The topological polar surface area (TPSA) is 80.1 Å². The Morgan fingerprint density at radius 2 is 1.93 bits per heavy atom. The first-order valence-corrected chi connectivity index (χ1v) is 11.3. The Labute approximate surface area is 182 Å². The lowest BCUT2D eigenvalue weighted by Gasteiger charge is -2.28. The number of aromatic nitrogens is 3. The van der Waals surface area contributed by atoms with E-state index >= 15 is 0 Å². The first-order chi connectivity index (χ1) is 14.3. The van der Waals surface area contributed by atoms with Crippen molar-refractivity contribution in [2.24, 2.45) is 0 Å². The van der Waals surface area contributed by atoms with Crippen molar-refractivity contribution in [2.45, 2.75) is 62.0 Å². The largest absolute Gasteiger partial charge is 0.349 e. The van der Waals surface area contributed by atoms with E-state index in [1.807, 2.05) is 45.0 Å². The molecule has 1 aliphatic rings. The third kappa shape index (κ3) is 5.70. The number of hydrogen-bond donors (Lipinski definition) is 1. The van der Waals surface area contributed by atoms with Gasteiger partial charge in [-0.15, -0.1) is 0 Å². The summed E-state index contributed by atoms with van der Waals surface area (Å²) in [6, 6.07) is 3.76. The standard InChI is InChI=1S/C22H31N5O2S/c1-15-10-13-27(16(2)14-26(3)4)21(29)19(15)20(28)25-17-6-8-18(9-7-17)30-22-23-11-5-12-24-22/h5,10-13,16-18H,6-9,14H2,1-4H3,(H,25,28). The number of aryl methyl sites for hydroxylation is 1. The Bertz CT molecular complexity index is 907. The number of thioether (sulfide) groups is 1. The number of likely N-dealkylation sites (N-methyl/N-ethyl adjacent to an activating group) is 1. The molecule has 0 aromatic carbocycles. The van der Waals surface area contributed by atoms with Crippen LogP contribution >= 0.6 is 11.8 Å². The Morgan fingerprint density at radius 1 is 1.27 bits per heavy atom. The molecular formula is C22H31N5O2S. The van der Waals surface area contributed by atoms with Gasteiger partial charge >= 0.3 is 0 Å². The molecule has 1 unspecified atom stereocenters. The molecule has 8 heteroatoms. The van der Waals surface area contributed by atoms with Gasteiger partial charge in [0.15, 0.2) is 5.16 Å². The maximum absolute atomic E-state index is 13.0. The SMILES string of the molecule is Cc1ccn(C(C)CN(C)C)c(=O)c1C(=O)NC1CCC(Sc2ncccn2)CC1. The number of pyridine rings is 1. The summed E-state index contributed by atoms with van der Waals surface area (Å²) in [5, 5.41) is 4.37. The summed E-state index contributed by atoms with van der Waals surface area (Å²) in [5.74, 6) is -0.258. The number of nitrogens with one attached hydrogen (secondary N) is 1. The molecule has 1 amide bonds. The molecule has 1 atom stereocenters. The Hall–Kier alpha value is -2.19. The summed E-state index contributed by atoms with van der Waals surface area (Å²) >= 11 is 1.70. The average Bonchev–Trinajstić information content (AvgIpc) is 2.70. The Morgan fingerprint density at radius 3 is 2.57 bits per heavy atom. The maximum Gasteiger partial charge on any atom is 0.263 e. The quantitative estimate of drug-likeness (QED) is 0.682.